The van der Waals surface area contributed by atoms with Gasteiger partial charge in [0.2, 0.25) is 6.54 Å². The maximum atomic E-state index is 6.61. The maximum absolute atomic E-state index is 6.61. The molecule has 0 aliphatic carbocycles. The van der Waals surface area contributed by atoms with Crippen molar-refractivity contribution in [2.75, 3.05) is 6.54 Å². The molecule has 1 nitrogen and oxygen atoms in total. The van der Waals surface area contributed by atoms with Gasteiger partial charge in [0.15, 0.2) is 0 Å². The Labute approximate surface area is 65.1 Å². The van der Waals surface area contributed by atoms with Crippen LogP contribution in [0.4, 0.5) is 0 Å². The molecule has 0 fully saturated rings. The van der Waals surface area contributed by atoms with Crippen LogP contribution in [0.1, 0.15) is 10.4 Å². The van der Waals surface area contributed by atoms with E-state index < -0.39 is 0 Å². The molecule has 0 radical (unpaired) electrons. The van der Waals surface area contributed by atoms with Gasteiger partial charge in [-0.15, -0.1) is 11.3 Å². The summed E-state index contributed by atoms with van der Waals surface area (Å²) < 4.78 is 0. The Kier molecular flexibility index (Phi) is 2.47. The average Bonchev–Trinajstić information content (AvgIpc) is 2.31. The van der Waals surface area contributed by atoms with Crippen LogP contribution in [0.3, 0.4) is 0 Å². The summed E-state index contributed by atoms with van der Waals surface area (Å²) in [6.07, 6.45) is 0.924. The minimum atomic E-state index is 0.626. The van der Waals surface area contributed by atoms with Gasteiger partial charge in [0.25, 0.3) is 0 Å². The van der Waals surface area contributed by atoms with Crippen molar-refractivity contribution in [2.45, 2.75) is 13.3 Å². The van der Waals surface area contributed by atoms with Crippen LogP contribution in [0.5, 0.6) is 0 Å². The first-order chi connectivity index (χ1) is 4.84. The second-order valence-corrected chi connectivity index (χ2v) is 3.16. The van der Waals surface area contributed by atoms with Gasteiger partial charge in [-0.3, -0.25) is 0 Å². The highest BCUT2D eigenvalue weighted by molar-refractivity contribution is 7.10. The molecule has 0 aliphatic heterocycles. The number of nitrogens with zero attached hydrogens (tertiary/aromatic N) is 1. The molecule has 1 aromatic rings. The Balaban J connectivity index is 2.59. The van der Waals surface area contributed by atoms with Crippen molar-refractivity contribution in [3.8, 4) is 0 Å². The summed E-state index contributed by atoms with van der Waals surface area (Å²) in [4.78, 5) is 4.67. The van der Waals surface area contributed by atoms with E-state index in [1.165, 1.54) is 10.4 Å². The first-order valence-electron chi connectivity index (χ1n) is 3.21. The van der Waals surface area contributed by atoms with Gasteiger partial charge in [0.1, 0.15) is 0 Å². The molecule has 0 spiro atoms. The van der Waals surface area contributed by atoms with E-state index in [4.69, 9.17) is 6.57 Å². The molecular weight excluding hydrogens is 142 g/mol. The van der Waals surface area contributed by atoms with E-state index in [1.54, 1.807) is 11.3 Å². The zero-order valence-electron chi connectivity index (χ0n) is 5.92. The lowest BCUT2D eigenvalue weighted by atomic mass is 10.2. The van der Waals surface area contributed by atoms with Crippen LogP contribution in [0.25, 0.3) is 4.85 Å². The van der Waals surface area contributed by atoms with Crippen molar-refractivity contribution in [1.82, 2.24) is 0 Å². The molecule has 0 aliphatic rings. The summed E-state index contributed by atoms with van der Waals surface area (Å²) in [5.74, 6) is 0. The van der Waals surface area contributed by atoms with Gasteiger partial charge in [-0.05, 0) is 23.9 Å². The first kappa shape index (κ1) is 7.30. The predicted octanol–water partition coefficient (Wildman–Crippen LogP) is 2.52. The normalized spacial score (nSPS) is 9.20. The average molecular weight is 151 g/mol. The molecule has 2 heteroatoms. The quantitative estimate of drug-likeness (QED) is 0.572. The minimum absolute atomic E-state index is 0.626. The molecule has 1 aromatic heterocycles. The third-order valence-electron chi connectivity index (χ3n) is 1.42. The van der Waals surface area contributed by atoms with Gasteiger partial charge >= 0.3 is 0 Å². The van der Waals surface area contributed by atoms with Crippen LogP contribution in [-0.2, 0) is 6.42 Å². The fourth-order valence-corrected chi connectivity index (χ4v) is 1.72. The summed E-state index contributed by atoms with van der Waals surface area (Å²) in [5.41, 5.74) is 1.33. The molecule has 52 valence electrons. The second kappa shape index (κ2) is 3.38. The lowest BCUT2D eigenvalue weighted by Crippen LogP contribution is -1.84. The van der Waals surface area contributed by atoms with Crippen LogP contribution in [-0.4, -0.2) is 6.54 Å². The fourth-order valence-electron chi connectivity index (χ4n) is 0.818. The Morgan fingerprint density at radius 3 is 3.00 bits per heavy atom. The van der Waals surface area contributed by atoms with Crippen LogP contribution < -0.4 is 0 Å². The summed E-state index contributed by atoms with van der Waals surface area (Å²) >= 11 is 1.75. The number of hydrogen-bond acceptors (Lipinski definition) is 1. The summed E-state index contributed by atoms with van der Waals surface area (Å²) in [7, 11) is 0. The van der Waals surface area contributed by atoms with E-state index in [1.807, 2.05) is 0 Å². The van der Waals surface area contributed by atoms with Gasteiger partial charge in [0.05, 0.1) is 6.42 Å². The summed E-state index contributed by atoms with van der Waals surface area (Å²) in [6.45, 7) is 9.32. The van der Waals surface area contributed by atoms with Gasteiger partial charge in [-0.2, -0.15) is 0 Å². The number of rotatable bonds is 2. The Bertz CT molecular complexity index is 244. The van der Waals surface area contributed by atoms with Crippen molar-refractivity contribution in [3.05, 3.63) is 33.3 Å². The molecule has 0 N–H and O–H groups in total. The van der Waals surface area contributed by atoms with E-state index in [2.05, 4.69) is 23.2 Å². The smallest absolute Gasteiger partial charge is 0.219 e. The monoisotopic (exact) mass is 151 g/mol. The van der Waals surface area contributed by atoms with Crippen LogP contribution >= 0.6 is 11.3 Å². The lowest BCUT2D eigenvalue weighted by Gasteiger charge is -1.89. The Hall–Kier alpha value is -0.810. The molecule has 0 unspecified atom stereocenters. The SMILES string of the molecule is [C-]#[N+]CCc1sccc1C. The van der Waals surface area contributed by atoms with E-state index in [0.717, 1.165) is 6.42 Å². The van der Waals surface area contributed by atoms with Crippen LogP contribution in [0, 0.1) is 13.5 Å². The highest BCUT2D eigenvalue weighted by atomic mass is 32.1. The maximum Gasteiger partial charge on any atom is 0.219 e. The molecule has 0 bridgehead atoms. The molecule has 10 heavy (non-hydrogen) atoms. The molecular formula is C8H9NS. The summed E-state index contributed by atoms with van der Waals surface area (Å²) in [5, 5.41) is 2.08. The molecule has 1 heterocycles. The minimum Gasteiger partial charge on any atom is -0.317 e. The fraction of sp³-hybridized carbons (Fsp3) is 0.375. The zero-order chi connectivity index (χ0) is 7.40. The third kappa shape index (κ3) is 1.58. The first-order valence-corrected chi connectivity index (χ1v) is 4.08. The van der Waals surface area contributed by atoms with Gasteiger partial charge in [-0.1, -0.05) is 0 Å². The van der Waals surface area contributed by atoms with E-state index in [-0.39, 0.29) is 0 Å². The third-order valence-corrected chi connectivity index (χ3v) is 2.50. The van der Waals surface area contributed by atoms with Crippen molar-refractivity contribution in [2.24, 2.45) is 0 Å². The van der Waals surface area contributed by atoms with Crippen molar-refractivity contribution in [3.63, 3.8) is 0 Å². The molecule has 0 amide bonds. The highest BCUT2D eigenvalue weighted by Crippen LogP contribution is 2.15. The number of thiophene rings is 1. The van der Waals surface area contributed by atoms with Crippen LogP contribution in [0.15, 0.2) is 11.4 Å². The molecule has 0 atom stereocenters. The summed E-state index contributed by atoms with van der Waals surface area (Å²) in [6, 6.07) is 2.10. The molecule has 0 aromatic carbocycles. The lowest BCUT2D eigenvalue weighted by molar-refractivity contribution is 1.09. The zero-order valence-corrected chi connectivity index (χ0v) is 6.74. The van der Waals surface area contributed by atoms with E-state index in [9.17, 15) is 0 Å². The molecule has 1 rings (SSSR count). The highest BCUT2D eigenvalue weighted by Gasteiger charge is 1.99. The number of aryl methyl sites for hydroxylation is 1. The second-order valence-electron chi connectivity index (χ2n) is 2.16. The van der Waals surface area contributed by atoms with E-state index >= 15 is 0 Å². The Morgan fingerprint density at radius 2 is 2.50 bits per heavy atom. The van der Waals surface area contributed by atoms with E-state index in [0.29, 0.717) is 6.54 Å². The molecule has 0 saturated carbocycles. The molecule has 0 saturated heterocycles. The van der Waals surface area contributed by atoms with Gasteiger partial charge < -0.3 is 4.85 Å². The van der Waals surface area contributed by atoms with Crippen molar-refractivity contribution >= 4 is 11.3 Å². The van der Waals surface area contributed by atoms with Crippen molar-refractivity contribution < 1.29 is 0 Å². The van der Waals surface area contributed by atoms with Gasteiger partial charge in [-0.25, -0.2) is 6.57 Å². The largest absolute Gasteiger partial charge is 0.317 e. The topological polar surface area (TPSA) is 4.36 Å². The number of hydrogen-bond donors (Lipinski definition) is 0. The van der Waals surface area contributed by atoms with Gasteiger partial charge in [0, 0.05) is 4.88 Å². The standard InChI is InChI=1S/C8H9NS/c1-7-4-6-10-8(7)3-5-9-2/h4,6H,3,5H2,1H3. The van der Waals surface area contributed by atoms with Crippen LogP contribution in [0.2, 0.25) is 0 Å². The Morgan fingerprint density at radius 1 is 1.70 bits per heavy atom. The van der Waals surface area contributed by atoms with Crippen molar-refractivity contribution in [1.29, 1.82) is 0 Å². The predicted molar refractivity (Wildman–Crippen MR) is 44.2 cm³/mol.